The molecule has 141 heavy (non-hydrogen) atoms. The Morgan fingerprint density at radius 2 is 0.404 bits per heavy atom. The topological polar surface area (TPSA) is 1040 Å². The first kappa shape index (κ1) is 153. The van der Waals surface area contributed by atoms with E-state index < -0.39 is 562 Å². The van der Waals surface area contributed by atoms with Crippen LogP contribution in [0.1, 0.15) is 0 Å². The van der Waals surface area contributed by atoms with Gasteiger partial charge in [-0.3, -0.25) is 0 Å². The Morgan fingerprint density at radius 1 is 0.184 bits per heavy atom. The van der Waals surface area contributed by atoms with Crippen molar-refractivity contribution >= 4 is 562 Å². The zero-order valence-electron chi connectivity index (χ0n) is 80.6. The van der Waals surface area contributed by atoms with E-state index in [2.05, 4.69) is 0 Å². The Balaban J connectivity index is 20.1. The number of hydrogen-bond acceptors (Lipinski definition) is 64. The minimum atomic E-state index is -10.1. The van der Waals surface area contributed by atoms with Crippen molar-refractivity contribution in [2.24, 2.45) is 0 Å². The summed E-state index contributed by atoms with van der Waals surface area (Å²) < 4.78 is 178. The van der Waals surface area contributed by atoms with Crippen molar-refractivity contribution in [3.63, 3.8) is 0 Å². The van der Waals surface area contributed by atoms with Crippen LogP contribution in [0.3, 0.4) is 0 Å². The Morgan fingerprint density at radius 3 is 0.589 bits per heavy atom. The molecule has 0 saturated heterocycles. The van der Waals surface area contributed by atoms with Gasteiger partial charge in [-0.15, -0.1) is 0 Å². The molecule has 0 bridgehead atoms. The van der Waals surface area contributed by atoms with Gasteiger partial charge in [-0.1, -0.05) is 0 Å². The van der Waals surface area contributed by atoms with E-state index in [1.807, 2.05) is 0 Å². The van der Waals surface area contributed by atoms with Gasteiger partial charge in [-0.25, -0.2) is 0 Å². The Labute approximate surface area is 922 Å². The van der Waals surface area contributed by atoms with Gasteiger partial charge >= 0.3 is 70.3 Å². The molecule has 64 nitrogen and oxygen atoms in total. The largest absolute Gasteiger partial charge is 0.442 e. The van der Waals surface area contributed by atoms with Crippen LogP contribution in [-0.4, -0.2) is 766 Å². The number of rotatable bonds is 86. The van der Waals surface area contributed by atoms with Gasteiger partial charge in [0, 0.05) is 16.9 Å². The predicted octanol–water partition coefficient (Wildman–Crippen LogP) is -63.7. The van der Waals surface area contributed by atoms with Crippen LogP contribution in [0.2, 0.25) is 72.0 Å². The molecule has 0 aromatic heterocycles. The van der Waals surface area contributed by atoms with Gasteiger partial charge in [-0.05, 0) is 72.0 Å². The molecule has 0 amide bonds. The van der Waals surface area contributed by atoms with Crippen LogP contribution in [-0.2, 0) is 95.0 Å². The van der Waals surface area contributed by atoms with Crippen molar-refractivity contribution in [2.75, 3.05) is 7.11 Å². The van der Waals surface area contributed by atoms with Crippen LogP contribution in [0, 0.1) is 0 Å². The van der Waals surface area contributed by atoms with E-state index in [0.29, 0.717) is 0 Å². The highest BCUT2D eigenvalue weighted by molar-refractivity contribution is 8.35. The van der Waals surface area contributed by atoms with Crippen molar-refractivity contribution in [3.05, 3.63) is 0 Å². The van der Waals surface area contributed by atoms with E-state index in [-0.39, 0.29) is 0 Å². The third-order valence-corrected chi connectivity index (χ3v) is 740. The molecular formula is C12H156O64Si65. The van der Waals surface area contributed by atoms with Crippen molar-refractivity contribution < 1.29 is 292 Å². The molecule has 0 rings (SSSR count). The van der Waals surface area contributed by atoms with Crippen LogP contribution in [0.25, 0.3) is 0 Å². The fourth-order valence-electron chi connectivity index (χ4n) is 17.9. The van der Waals surface area contributed by atoms with Gasteiger partial charge in [0.15, 0.2) is 174 Å². The molecule has 0 aliphatic rings. The summed E-state index contributed by atoms with van der Waals surface area (Å²) in [6.07, 6.45) is 0. The number of hydrogen-bond donors (Lipinski definition) is 41. The maximum Gasteiger partial charge on any atom is 0.338 e. The first-order chi connectivity index (χ1) is 65.7. The van der Waals surface area contributed by atoms with E-state index in [4.69, 9.17) is 82.6 Å². The molecule has 0 heterocycles. The van der Waals surface area contributed by atoms with Crippen LogP contribution < -0.4 is 0 Å². The molecule has 0 fully saturated rings. The monoisotopic (exact) mass is 3140 g/mol. The molecule has 4 atom stereocenters. The third-order valence-electron chi connectivity index (χ3n) is 24.5. The summed E-state index contributed by atoms with van der Waals surface area (Å²) in [7, 11) is -245. The van der Waals surface area contributed by atoms with E-state index >= 15 is 9.59 Å². The molecule has 129 heteroatoms. The van der Waals surface area contributed by atoms with Crippen molar-refractivity contribution in [3.8, 4) is 0 Å². The van der Waals surface area contributed by atoms with E-state index in [1.54, 1.807) is 0 Å². The standard InChI is InChI=1S/C12H156O64Si65/c1-54-128(77,118(7,8)52)125(69-117(5,6)51,137(115-50,67-90-25)119(9,10)53)76-139(140(133(107-42,108-43)63-86-21,134(109-44,110-45)64-87-22)73-123(95-30,96-31)57-80-15,141(135(111-46,112-47)65-88-23,136(113-48,114-49)66-89-24)74-124(97-32,98-33)58-81-16)127(70-120(11,12)68-116(2,3)4,138(131(103-38,104-39)61-84-19,132(105-40,106-41)62-85-20)72-122(93-28,94-29)56-79-14)75-126(129(99-34,100-35)59-82-17,130(101-36,102-37)60-83-18)71-121(91-26,92-27)55-78-13/h13-53H,78-115H2,1-12,77H3. The Kier molecular flexibility index (Phi) is 71.1. The predicted molar refractivity (Wildman–Crippen MR) is 671 cm³/mol. The molecule has 41 N–H and O–H groups in total. The maximum absolute atomic E-state index is 15.1. The Hall–Kier alpha value is 11.5. The molecule has 848 valence electrons. The SMILES string of the molecule is CO[Si]([SiH3])([Si](C)(C)O)[Si](O[Si](C)(C)O)(O[Si]([Si](O[Si](C)(C)O[Si](C)(C)C)(O[Si](O[Si](O[SiH2]O)([SiH2]O)[SiH2]O)([Si](O[SiH2]O)([SiH2]O)[SiH2]O)[Si](O[SiH2]O)([SiH2]O)[SiH2]O)[Si](O[Si](O[SiH2]O)([SiH2]O)[SiH2]O)([Si](O[SiH2]O)([SiH2]O)[SiH2]O)[Si](O[SiH2]O)([SiH2]O)[SiH2]O)([Si](O[Si](O[SiH2]O)([SiH2]O)[SiH2]O)([Si](O[SiH2]O)([SiH2]O)[SiH2]O)[Si](O[SiH2]O)([SiH2]O)[SiH2]O)[Si](O[Si](O[SiH2]O)([SiH2]O)[SiH2]O)([Si](O[SiH2]O)([SiH2]O)[SiH2]O)[Si](O[SiH2]O)([SiH2]O)[SiH2]O)[Si](O[SiH2]O)([SiH2]O)[Si](C)(C)O. The fraction of sp³-hybridized carbons (Fsp3) is 1.00. The minimum absolute atomic E-state index is 0.794. The van der Waals surface area contributed by atoms with Gasteiger partial charge in [-0.2, -0.15) is 0 Å². The summed E-state index contributed by atoms with van der Waals surface area (Å²) in [4.78, 5) is 570. The summed E-state index contributed by atoms with van der Waals surface area (Å²) >= 11 is 0. The molecule has 0 spiro atoms. The second-order valence-corrected chi connectivity index (χ2v) is 415. The van der Waals surface area contributed by atoms with E-state index in [1.165, 1.54) is 19.6 Å². The third kappa shape index (κ3) is 29.4. The summed E-state index contributed by atoms with van der Waals surface area (Å²) in [5, 5.41) is 0. The molecule has 0 aromatic rings. The van der Waals surface area contributed by atoms with Gasteiger partial charge in [0.2, 0.25) is 144 Å². The smallest absolute Gasteiger partial charge is 0.338 e. The second kappa shape index (κ2) is 65.7. The van der Waals surface area contributed by atoms with Crippen LogP contribution >= 0.6 is 0 Å². The lowest BCUT2D eigenvalue weighted by molar-refractivity contribution is 0.288. The highest BCUT2D eigenvalue weighted by Crippen LogP contribution is 2.63. The molecule has 0 aliphatic heterocycles. The molecule has 0 radical (unpaired) electrons. The first-order valence-corrected chi connectivity index (χ1v) is 206. The van der Waals surface area contributed by atoms with Crippen LogP contribution in [0.15, 0.2) is 0 Å². The summed E-state index contributed by atoms with van der Waals surface area (Å²) in [6.45, 7) is -96.7. The van der Waals surface area contributed by atoms with Gasteiger partial charge in [0.1, 0.15) is 0 Å². The van der Waals surface area contributed by atoms with E-state index in [9.17, 15) is 199 Å². The van der Waals surface area contributed by atoms with Gasteiger partial charge in [0.05, 0.1) is 0 Å². The summed E-state index contributed by atoms with van der Waals surface area (Å²) in [5.74, 6) is 0. The first-order valence-electron chi connectivity index (χ1n) is 42.2. The minimum Gasteiger partial charge on any atom is -0.442 e. The molecular weight excluding hydrogens is 2990 g/mol. The lowest BCUT2D eigenvalue weighted by Crippen LogP contribution is -3.22. The second-order valence-electron chi connectivity index (χ2n) is 34.7. The quantitative estimate of drug-likeness (QED) is 0.0251. The molecule has 0 saturated carbocycles. The van der Waals surface area contributed by atoms with Crippen molar-refractivity contribution in [1.29, 1.82) is 0 Å². The average molecular weight is 3150 g/mol. The van der Waals surface area contributed by atoms with Crippen LogP contribution in [0.4, 0.5) is 0 Å². The zero-order chi connectivity index (χ0) is 110. The molecule has 0 aliphatic carbocycles. The normalized spacial score (nSPS) is 25.6. The molecule has 4 unspecified atom stereocenters. The highest BCUT2D eigenvalue weighted by atomic mass is 30.6. The zero-order valence-corrected chi connectivity index (χ0v) is 162. The van der Waals surface area contributed by atoms with Crippen molar-refractivity contribution in [1.82, 2.24) is 0 Å². The van der Waals surface area contributed by atoms with Crippen LogP contribution in [0.5, 0.6) is 0 Å². The highest BCUT2D eigenvalue weighted by Gasteiger charge is 3.09. The lowest BCUT2D eigenvalue weighted by atomic mass is 11.8. The summed E-state index contributed by atoms with van der Waals surface area (Å²) in [6, 6.07) is 0. The maximum atomic E-state index is 15.1. The van der Waals surface area contributed by atoms with Crippen molar-refractivity contribution in [2.45, 2.75) is 72.0 Å². The summed E-state index contributed by atoms with van der Waals surface area (Å²) in [5.41, 5.74) is 0. The average Bonchev–Trinajstić information content (AvgIpc) is 0.610. The van der Waals surface area contributed by atoms with Gasteiger partial charge in [0.25, 0.3) is 164 Å². The lowest BCUT2D eigenvalue weighted by Gasteiger charge is -2.78. The Bertz CT molecular complexity index is 3270. The molecule has 0 aromatic carbocycles. The van der Waals surface area contributed by atoms with Gasteiger partial charge < -0.3 is 292 Å². The fourth-order valence-corrected chi connectivity index (χ4v) is 1350. The van der Waals surface area contributed by atoms with E-state index in [0.717, 1.165) is 59.5 Å².